The van der Waals surface area contributed by atoms with Gasteiger partial charge in [-0.1, -0.05) is 41.4 Å². The molecule has 0 aromatic heterocycles. The Bertz CT molecular complexity index is 524. The highest BCUT2D eigenvalue weighted by Crippen LogP contribution is 2.20. The number of methoxy groups -OCH3 is 1. The van der Waals surface area contributed by atoms with Gasteiger partial charge in [0.25, 0.3) is 0 Å². The number of ether oxygens (including phenoxy) is 2. The number of hydrogen-bond acceptors (Lipinski definition) is 2. The Morgan fingerprint density at radius 2 is 1.83 bits per heavy atom. The van der Waals surface area contributed by atoms with Gasteiger partial charge in [-0.15, -0.1) is 0 Å². The van der Waals surface area contributed by atoms with E-state index in [9.17, 15) is 0 Å². The summed E-state index contributed by atoms with van der Waals surface area (Å²) >= 11 is 0. The molecule has 0 atom stereocenters. The van der Waals surface area contributed by atoms with Crippen molar-refractivity contribution >= 4 is 13.3 Å². The molecule has 0 fully saturated rings. The molecule has 0 spiro atoms. The van der Waals surface area contributed by atoms with Gasteiger partial charge in [0, 0.05) is 6.07 Å². The van der Waals surface area contributed by atoms with Crippen LogP contribution in [0.15, 0.2) is 42.5 Å². The molecule has 2 radical (unpaired) electrons. The van der Waals surface area contributed by atoms with Crippen LogP contribution in [0, 0.1) is 6.92 Å². The highest BCUT2D eigenvalue weighted by Gasteiger charge is 2.05. The van der Waals surface area contributed by atoms with Crippen molar-refractivity contribution < 1.29 is 9.47 Å². The second-order valence-corrected chi connectivity index (χ2v) is 4.13. The lowest BCUT2D eigenvalue weighted by molar-refractivity contribution is 0.306. The van der Waals surface area contributed by atoms with E-state index in [0.717, 1.165) is 16.9 Å². The van der Waals surface area contributed by atoms with E-state index in [-0.39, 0.29) is 0 Å². The summed E-state index contributed by atoms with van der Waals surface area (Å²) in [4.78, 5) is 0. The Morgan fingerprint density at radius 3 is 2.50 bits per heavy atom. The predicted octanol–water partition coefficient (Wildman–Crippen LogP) is 2.38. The Labute approximate surface area is 109 Å². The molecular formula is C15H15BO2. The topological polar surface area (TPSA) is 18.5 Å². The lowest BCUT2D eigenvalue weighted by atomic mass is 9.90. The molecule has 0 aliphatic heterocycles. The average molecular weight is 238 g/mol. The highest BCUT2D eigenvalue weighted by molar-refractivity contribution is 6.35. The SMILES string of the molecule is [B]c1c(C)cc(OC)cc1OCc1ccccc1. The molecule has 3 heteroatoms. The lowest BCUT2D eigenvalue weighted by Gasteiger charge is -2.13. The number of benzene rings is 2. The minimum Gasteiger partial charge on any atom is -0.497 e. The van der Waals surface area contributed by atoms with Crippen LogP contribution in [0.4, 0.5) is 0 Å². The molecule has 2 aromatic rings. The van der Waals surface area contributed by atoms with Crippen LogP contribution in [0.5, 0.6) is 11.5 Å². The van der Waals surface area contributed by atoms with Crippen LogP contribution in [-0.2, 0) is 6.61 Å². The van der Waals surface area contributed by atoms with Gasteiger partial charge in [0.05, 0.1) is 7.11 Å². The van der Waals surface area contributed by atoms with Gasteiger partial charge < -0.3 is 9.47 Å². The summed E-state index contributed by atoms with van der Waals surface area (Å²) in [6, 6.07) is 13.7. The third-order valence-electron chi connectivity index (χ3n) is 2.80. The van der Waals surface area contributed by atoms with Crippen LogP contribution in [0.3, 0.4) is 0 Å². The van der Waals surface area contributed by atoms with Crippen molar-refractivity contribution in [3.05, 3.63) is 53.6 Å². The Hall–Kier alpha value is -1.90. The molecule has 0 saturated carbocycles. The Morgan fingerprint density at radius 1 is 1.11 bits per heavy atom. The lowest BCUT2D eigenvalue weighted by Crippen LogP contribution is -2.13. The van der Waals surface area contributed by atoms with Crippen molar-refractivity contribution in [1.82, 2.24) is 0 Å². The molecule has 2 rings (SSSR count). The maximum absolute atomic E-state index is 5.99. The van der Waals surface area contributed by atoms with E-state index in [1.54, 1.807) is 7.11 Å². The standard InChI is InChI=1S/C15H15BO2/c1-11-8-13(17-2)9-14(15(11)16)18-10-12-6-4-3-5-7-12/h3-9H,10H2,1-2H3. The normalized spacial score (nSPS) is 10.1. The van der Waals surface area contributed by atoms with Gasteiger partial charge in [0.15, 0.2) is 0 Å². The molecule has 0 aliphatic rings. The van der Waals surface area contributed by atoms with Gasteiger partial charge in [-0.25, -0.2) is 0 Å². The van der Waals surface area contributed by atoms with E-state index in [2.05, 4.69) is 0 Å². The molecule has 18 heavy (non-hydrogen) atoms. The molecule has 0 heterocycles. The second-order valence-electron chi connectivity index (χ2n) is 4.13. The van der Waals surface area contributed by atoms with Crippen molar-refractivity contribution in [2.45, 2.75) is 13.5 Å². The van der Waals surface area contributed by atoms with Crippen LogP contribution >= 0.6 is 0 Å². The fourth-order valence-electron chi connectivity index (χ4n) is 1.71. The van der Waals surface area contributed by atoms with Crippen LogP contribution in [0.1, 0.15) is 11.1 Å². The number of rotatable bonds is 4. The fourth-order valence-corrected chi connectivity index (χ4v) is 1.71. The van der Waals surface area contributed by atoms with Crippen LogP contribution in [0.25, 0.3) is 0 Å². The molecule has 90 valence electrons. The maximum Gasteiger partial charge on any atom is 0.122 e. The van der Waals surface area contributed by atoms with Crippen molar-refractivity contribution in [1.29, 1.82) is 0 Å². The van der Waals surface area contributed by atoms with Gasteiger partial charge in [0.1, 0.15) is 26.0 Å². The minimum atomic E-state index is 0.498. The summed E-state index contributed by atoms with van der Waals surface area (Å²) in [5.74, 6) is 1.42. The zero-order valence-corrected chi connectivity index (χ0v) is 10.6. The molecule has 0 aliphatic carbocycles. The zero-order valence-electron chi connectivity index (χ0n) is 10.6. The smallest absolute Gasteiger partial charge is 0.122 e. The van der Waals surface area contributed by atoms with E-state index in [1.807, 2.05) is 49.4 Å². The molecule has 0 bridgehead atoms. The maximum atomic E-state index is 5.99. The van der Waals surface area contributed by atoms with Crippen molar-refractivity contribution in [3.63, 3.8) is 0 Å². The summed E-state index contributed by atoms with van der Waals surface area (Å²) < 4.78 is 10.9. The summed E-state index contributed by atoms with van der Waals surface area (Å²) in [5, 5.41) is 0. The van der Waals surface area contributed by atoms with Crippen molar-refractivity contribution in [2.75, 3.05) is 7.11 Å². The molecule has 0 amide bonds. The highest BCUT2D eigenvalue weighted by atomic mass is 16.5. The largest absolute Gasteiger partial charge is 0.497 e. The molecule has 0 unspecified atom stereocenters. The van der Waals surface area contributed by atoms with Gasteiger partial charge in [-0.3, -0.25) is 0 Å². The third-order valence-corrected chi connectivity index (χ3v) is 2.80. The van der Waals surface area contributed by atoms with Crippen molar-refractivity contribution in [3.8, 4) is 11.5 Å². The zero-order chi connectivity index (χ0) is 13.0. The first-order valence-electron chi connectivity index (χ1n) is 5.81. The van der Waals surface area contributed by atoms with E-state index >= 15 is 0 Å². The molecule has 2 nitrogen and oxygen atoms in total. The Kier molecular flexibility index (Phi) is 3.93. The van der Waals surface area contributed by atoms with E-state index < -0.39 is 0 Å². The summed E-state index contributed by atoms with van der Waals surface area (Å²) in [6.45, 7) is 2.44. The van der Waals surface area contributed by atoms with E-state index in [1.165, 1.54) is 0 Å². The minimum absolute atomic E-state index is 0.498. The molecule has 2 aromatic carbocycles. The first kappa shape index (κ1) is 12.6. The second kappa shape index (κ2) is 5.63. The van der Waals surface area contributed by atoms with Crippen LogP contribution < -0.4 is 14.9 Å². The fraction of sp³-hybridized carbons (Fsp3) is 0.200. The predicted molar refractivity (Wildman–Crippen MR) is 73.9 cm³/mol. The van der Waals surface area contributed by atoms with Crippen LogP contribution in [0.2, 0.25) is 0 Å². The Balaban J connectivity index is 2.16. The van der Waals surface area contributed by atoms with Crippen LogP contribution in [-0.4, -0.2) is 15.0 Å². The third kappa shape index (κ3) is 2.86. The van der Waals surface area contributed by atoms with Gasteiger partial charge in [-0.2, -0.15) is 0 Å². The molecule has 0 N–H and O–H groups in total. The van der Waals surface area contributed by atoms with Gasteiger partial charge in [-0.05, 0) is 18.6 Å². The summed E-state index contributed by atoms with van der Waals surface area (Å²) in [6.07, 6.45) is 0. The average Bonchev–Trinajstić information content (AvgIpc) is 2.41. The van der Waals surface area contributed by atoms with Gasteiger partial charge in [0.2, 0.25) is 0 Å². The van der Waals surface area contributed by atoms with Crippen molar-refractivity contribution in [2.24, 2.45) is 0 Å². The first-order valence-corrected chi connectivity index (χ1v) is 5.81. The van der Waals surface area contributed by atoms with E-state index in [0.29, 0.717) is 17.8 Å². The first-order chi connectivity index (χ1) is 8.70. The molecular weight excluding hydrogens is 223 g/mol. The van der Waals surface area contributed by atoms with Gasteiger partial charge >= 0.3 is 0 Å². The summed E-state index contributed by atoms with van der Waals surface area (Å²) in [7, 11) is 7.62. The number of hydrogen-bond donors (Lipinski definition) is 0. The van der Waals surface area contributed by atoms with E-state index in [4.69, 9.17) is 17.3 Å². The quantitative estimate of drug-likeness (QED) is 0.761. The summed E-state index contributed by atoms with van der Waals surface area (Å²) in [5.41, 5.74) is 2.72. The molecule has 0 saturated heterocycles. The number of aryl methyl sites for hydroxylation is 1. The monoisotopic (exact) mass is 238 g/mol.